The van der Waals surface area contributed by atoms with Crippen LogP contribution >= 0.6 is 0 Å². The summed E-state index contributed by atoms with van der Waals surface area (Å²) < 4.78 is 13.8. The Balaban J connectivity index is 2.02. The predicted octanol–water partition coefficient (Wildman–Crippen LogP) is 5.21. The molecule has 1 spiro atoms. The third-order valence-electron chi connectivity index (χ3n) is 8.32. The molecule has 28 heavy (non-hydrogen) atoms. The van der Waals surface area contributed by atoms with Crippen molar-refractivity contribution >= 4 is 16.6 Å². The Morgan fingerprint density at radius 3 is 1.86 bits per heavy atom. The Kier molecular flexibility index (Phi) is 9.23. The molecule has 166 valence electrons. The third kappa shape index (κ3) is 5.49. The zero-order valence-corrected chi connectivity index (χ0v) is 21.7. The van der Waals surface area contributed by atoms with Crippen LogP contribution in [0.2, 0.25) is 36.3 Å². The lowest BCUT2D eigenvalue weighted by Gasteiger charge is -2.45. The molecule has 1 aliphatic carbocycles. The summed E-state index contributed by atoms with van der Waals surface area (Å²) in [5.74, 6) is 0. The molecule has 2 aliphatic rings. The maximum atomic E-state index is 7.05. The topological polar surface area (TPSA) is 47.7 Å². The van der Waals surface area contributed by atoms with Crippen molar-refractivity contribution in [2.75, 3.05) is 26.2 Å². The number of piperidine rings is 1. The van der Waals surface area contributed by atoms with Crippen LogP contribution in [0.5, 0.6) is 0 Å². The number of rotatable bonds is 13. The van der Waals surface area contributed by atoms with Crippen molar-refractivity contribution in [3.63, 3.8) is 0 Å². The molecule has 0 bridgehead atoms. The second kappa shape index (κ2) is 10.5. The van der Waals surface area contributed by atoms with Crippen molar-refractivity contribution in [1.29, 1.82) is 0 Å². The summed E-state index contributed by atoms with van der Waals surface area (Å²) in [6, 6.07) is 7.34. The lowest BCUT2D eigenvalue weighted by molar-refractivity contribution is 0.00352. The van der Waals surface area contributed by atoms with Gasteiger partial charge >= 0.3 is 0 Å². The average molecular weight is 429 g/mol. The van der Waals surface area contributed by atoms with Crippen LogP contribution < -0.4 is 5.73 Å². The molecule has 1 saturated carbocycles. The summed E-state index contributed by atoms with van der Waals surface area (Å²) in [5, 5.41) is 0. The summed E-state index contributed by atoms with van der Waals surface area (Å²) in [6.07, 6.45) is 4.68. The lowest BCUT2D eigenvalue weighted by Crippen LogP contribution is -2.55. The SMILES string of the molecule is CC[Si](CC)(CC)O[C@@H](CN)CN1CCC2(CC2)[C@H](O[Si](CC)(CC)CC)C1. The summed E-state index contributed by atoms with van der Waals surface area (Å²) >= 11 is 0. The zero-order valence-electron chi connectivity index (χ0n) is 19.7. The van der Waals surface area contributed by atoms with E-state index in [1.807, 2.05) is 0 Å². The molecule has 1 heterocycles. The molecule has 1 aliphatic heterocycles. The van der Waals surface area contributed by atoms with Crippen LogP contribution in [0.15, 0.2) is 0 Å². The van der Waals surface area contributed by atoms with Gasteiger partial charge in [0.15, 0.2) is 16.6 Å². The van der Waals surface area contributed by atoms with Crippen molar-refractivity contribution in [3.05, 3.63) is 0 Å². The maximum Gasteiger partial charge on any atom is 0.192 e. The van der Waals surface area contributed by atoms with Gasteiger partial charge in [0.05, 0.1) is 12.2 Å². The van der Waals surface area contributed by atoms with Gasteiger partial charge in [-0.1, -0.05) is 41.5 Å². The molecule has 0 radical (unpaired) electrons. The van der Waals surface area contributed by atoms with E-state index in [4.69, 9.17) is 14.6 Å². The molecule has 0 aromatic heterocycles. The predicted molar refractivity (Wildman–Crippen MR) is 126 cm³/mol. The largest absolute Gasteiger partial charge is 0.412 e. The van der Waals surface area contributed by atoms with Gasteiger partial charge < -0.3 is 14.6 Å². The van der Waals surface area contributed by atoms with E-state index >= 15 is 0 Å². The first-order valence-corrected chi connectivity index (χ1v) is 17.2. The molecule has 4 nitrogen and oxygen atoms in total. The third-order valence-corrected chi connectivity index (χ3v) is 17.7. The first kappa shape index (κ1) is 24.5. The standard InChI is InChI=1S/C22H48N2O2Si2/c1-7-27(8-2,9-3)25-20(17-23)18-24-16-15-22(13-14-22)21(19-24)26-28(10-4,11-5)12-6/h20-21H,7-19,23H2,1-6H3/t20-,21+/m0/s1. The Hall–Kier alpha value is 0.274. The Labute approximate surface area is 177 Å². The molecule has 0 aromatic carbocycles. The van der Waals surface area contributed by atoms with Crippen LogP contribution in [-0.4, -0.2) is 59.9 Å². The van der Waals surface area contributed by atoms with E-state index in [1.165, 1.54) is 62.1 Å². The van der Waals surface area contributed by atoms with Crippen LogP contribution in [0, 0.1) is 5.41 Å². The molecule has 2 atom stereocenters. The minimum atomic E-state index is -1.61. The molecule has 2 fully saturated rings. The molecule has 2 rings (SSSR count). The molecular formula is C22H48N2O2Si2. The van der Waals surface area contributed by atoms with Gasteiger partial charge in [0.25, 0.3) is 0 Å². The maximum absolute atomic E-state index is 7.05. The monoisotopic (exact) mass is 428 g/mol. The van der Waals surface area contributed by atoms with Crippen molar-refractivity contribution in [2.24, 2.45) is 11.1 Å². The Bertz CT molecular complexity index is 449. The van der Waals surface area contributed by atoms with E-state index in [2.05, 4.69) is 46.4 Å². The second-order valence-electron chi connectivity index (χ2n) is 9.44. The van der Waals surface area contributed by atoms with Gasteiger partial charge in [0.2, 0.25) is 0 Å². The molecule has 0 unspecified atom stereocenters. The number of hydrogen-bond donors (Lipinski definition) is 1. The zero-order chi connectivity index (χ0) is 20.8. The summed E-state index contributed by atoms with van der Waals surface area (Å²) in [7, 11) is -3.17. The first-order valence-electron chi connectivity index (χ1n) is 12.2. The van der Waals surface area contributed by atoms with Gasteiger partial charge in [-0.2, -0.15) is 0 Å². The van der Waals surface area contributed by atoms with E-state index in [-0.39, 0.29) is 6.10 Å². The highest BCUT2D eigenvalue weighted by atomic mass is 28.4. The molecule has 1 saturated heterocycles. The summed E-state index contributed by atoms with van der Waals surface area (Å²) in [4.78, 5) is 2.62. The van der Waals surface area contributed by atoms with Crippen LogP contribution in [0.25, 0.3) is 0 Å². The van der Waals surface area contributed by atoms with E-state index < -0.39 is 16.6 Å². The Morgan fingerprint density at radius 1 is 0.893 bits per heavy atom. The van der Waals surface area contributed by atoms with Gasteiger partial charge in [-0.05, 0) is 67.5 Å². The van der Waals surface area contributed by atoms with E-state index in [9.17, 15) is 0 Å². The van der Waals surface area contributed by atoms with E-state index in [0.717, 1.165) is 13.1 Å². The summed E-state index contributed by atoms with van der Waals surface area (Å²) in [5.41, 5.74) is 6.68. The normalized spacial score (nSPS) is 23.9. The highest BCUT2D eigenvalue weighted by molar-refractivity contribution is 6.74. The molecule has 6 heteroatoms. The molecule has 2 N–H and O–H groups in total. The van der Waals surface area contributed by atoms with Crippen molar-refractivity contribution in [2.45, 2.75) is 109 Å². The number of nitrogens with two attached hydrogens (primary N) is 1. The van der Waals surface area contributed by atoms with Gasteiger partial charge in [-0.15, -0.1) is 0 Å². The second-order valence-corrected chi connectivity index (χ2v) is 18.9. The van der Waals surface area contributed by atoms with E-state index in [1.54, 1.807) is 0 Å². The Morgan fingerprint density at radius 2 is 1.43 bits per heavy atom. The fraction of sp³-hybridized carbons (Fsp3) is 1.00. The number of hydrogen-bond acceptors (Lipinski definition) is 4. The minimum absolute atomic E-state index is 0.186. The number of nitrogens with zero attached hydrogens (tertiary/aromatic N) is 1. The van der Waals surface area contributed by atoms with E-state index in [0.29, 0.717) is 18.1 Å². The fourth-order valence-electron chi connectivity index (χ4n) is 5.23. The fourth-order valence-corrected chi connectivity index (χ4v) is 11.0. The first-order chi connectivity index (χ1) is 13.4. The van der Waals surface area contributed by atoms with Gasteiger partial charge in [-0.3, -0.25) is 4.90 Å². The molecule has 0 aromatic rings. The highest BCUT2D eigenvalue weighted by Crippen LogP contribution is 2.55. The van der Waals surface area contributed by atoms with Crippen molar-refractivity contribution in [3.8, 4) is 0 Å². The highest BCUT2D eigenvalue weighted by Gasteiger charge is 2.54. The minimum Gasteiger partial charge on any atom is -0.412 e. The van der Waals surface area contributed by atoms with Gasteiger partial charge in [-0.25, -0.2) is 0 Å². The van der Waals surface area contributed by atoms with Crippen LogP contribution in [0.3, 0.4) is 0 Å². The van der Waals surface area contributed by atoms with Crippen LogP contribution in [-0.2, 0) is 8.85 Å². The van der Waals surface area contributed by atoms with Crippen LogP contribution in [0.4, 0.5) is 0 Å². The van der Waals surface area contributed by atoms with Gasteiger partial charge in [0, 0.05) is 19.6 Å². The van der Waals surface area contributed by atoms with Crippen molar-refractivity contribution in [1.82, 2.24) is 4.90 Å². The van der Waals surface area contributed by atoms with Crippen molar-refractivity contribution < 1.29 is 8.85 Å². The number of likely N-dealkylation sites (tertiary alicyclic amines) is 1. The molecular weight excluding hydrogens is 380 g/mol. The quantitative estimate of drug-likeness (QED) is 0.409. The van der Waals surface area contributed by atoms with Gasteiger partial charge in [0.1, 0.15) is 0 Å². The lowest BCUT2D eigenvalue weighted by atomic mass is 9.90. The summed E-state index contributed by atoms with van der Waals surface area (Å²) in [6.45, 7) is 17.9. The molecule has 0 amide bonds. The average Bonchev–Trinajstić information content (AvgIpc) is 3.52. The van der Waals surface area contributed by atoms with Crippen LogP contribution in [0.1, 0.15) is 60.8 Å². The smallest absolute Gasteiger partial charge is 0.192 e.